The van der Waals surface area contributed by atoms with Gasteiger partial charge in [-0.2, -0.15) is 0 Å². The van der Waals surface area contributed by atoms with E-state index in [1.807, 2.05) is 54.6 Å². The van der Waals surface area contributed by atoms with E-state index in [-0.39, 0.29) is 23.3 Å². The van der Waals surface area contributed by atoms with Gasteiger partial charge in [0.05, 0.1) is 10.7 Å². The Labute approximate surface area is 236 Å². The molecule has 0 saturated carbocycles. The van der Waals surface area contributed by atoms with Crippen molar-refractivity contribution in [3.05, 3.63) is 110 Å². The second-order valence-electron chi connectivity index (χ2n) is 8.92. The number of unbranched alkanes of at least 4 members (excludes halogenated alkanes) is 1. The van der Waals surface area contributed by atoms with Gasteiger partial charge in [-0.05, 0) is 35.2 Å². The van der Waals surface area contributed by atoms with Gasteiger partial charge in [-0.15, -0.1) is 11.8 Å². The predicted molar refractivity (Wildman–Crippen MR) is 156 cm³/mol. The molecule has 3 aromatic rings. The Balaban J connectivity index is 1.80. The van der Waals surface area contributed by atoms with Crippen LogP contribution in [-0.2, 0) is 28.3 Å². The molecular formula is C29H32BrN3O4S. The maximum absolute atomic E-state index is 13.7. The first kappa shape index (κ1) is 29.4. The number of hydrogen-bond acceptors (Lipinski definition) is 5. The highest BCUT2D eigenvalue weighted by atomic mass is 79.9. The molecule has 3 aromatic carbocycles. The second kappa shape index (κ2) is 15.3. The number of non-ortho nitro benzene ring substituents is 1. The fourth-order valence-electron chi connectivity index (χ4n) is 3.95. The smallest absolute Gasteiger partial charge is 0.269 e. The van der Waals surface area contributed by atoms with Crippen molar-refractivity contribution in [3.8, 4) is 0 Å². The summed E-state index contributed by atoms with van der Waals surface area (Å²) < 4.78 is 0.905. The van der Waals surface area contributed by atoms with Crippen LogP contribution < -0.4 is 5.32 Å². The normalized spacial score (nSPS) is 11.5. The summed E-state index contributed by atoms with van der Waals surface area (Å²) >= 11 is 4.93. The van der Waals surface area contributed by atoms with Gasteiger partial charge in [-0.25, -0.2) is 0 Å². The van der Waals surface area contributed by atoms with Crippen molar-refractivity contribution in [1.29, 1.82) is 0 Å². The highest BCUT2D eigenvalue weighted by molar-refractivity contribution is 9.10. The van der Waals surface area contributed by atoms with Crippen LogP contribution >= 0.6 is 27.7 Å². The minimum absolute atomic E-state index is 0.0351. The fraction of sp³-hybridized carbons (Fsp3) is 0.310. The standard InChI is InChI=1S/C29H32BrN3O4S/c1-2-3-16-31-29(35)27(18-22-8-5-4-6-9-22)32(19-24-10-7-11-25(30)17-24)28(34)21-38-20-23-12-14-26(15-13-23)33(36)37/h4-15,17,27H,2-3,16,18-21H2,1H3,(H,31,35)/t27-/m0/s1. The van der Waals surface area contributed by atoms with Gasteiger partial charge < -0.3 is 10.2 Å². The maximum atomic E-state index is 13.7. The molecule has 0 unspecified atom stereocenters. The number of amides is 2. The molecular weight excluding hydrogens is 566 g/mol. The summed E-state index contributed by atoms with van der Waals surface area (Å²) in [6, 6.07) is 23.2. The minimum Gasteiger partial charge on any atom is -0.354 e. The van der Waals surface area contributed by atoms with E-state index < -0.39 is 11.0 Å². The van der Waals surface area contributed by atoms with E-state index in [2.05, 4.69) is 28.2 Å². The summed E-state index contributed by atoms with van der Waals surface area (Å²) in [5.74, 6) is 0.411. The van der Waals surface area contributed by atoms with Crippen molar-refractivity contribution < 1.29 is 14.5 Å². The van der Waals surface area contributed by atoms with E-state index in [0.717, 1.165) is 34.0 Å². The molecule has 0 aliphatic carbocycles. The lowest BCUT2D eigenvalue weighted by Crippen LogP contribution is -2.51. The molecule has 0 heterocycles. The molecule has 0 radical (unpaired) electrons. The van der Waals surface area contributed by atoms with Crippen LogP contribution in [0.2, 0.25) is 0 Å². The van der Waals surface area contributed by atoms with Crippen LogP contribution in [0.25, 0.3) is 0 Å². The van der Waals surface area contributed by atoms with E-state index in [0.29, 0.717) is 25.3 Å². The molecule has 2 amide bonds. The number of nitro benzene ring substituents is 1. The van der Waals surface area contributed by atoms with Gasteiger partial charge in [0.25, 0.3) is 5.69 Å². The Morgan fingerprint density at radius 2 is 1.71 bits per heavy atom. The van der Waals surface area contributed by atoms with Gasteiger partial charge in [0.1, 0.15) is 6.04 Å². The minimum atomic E-state index is -0.666. The highest BCUT2D eigenvalue weighted by Crippen LogP contribution is 2.21. The Hall–Kier alpha value is -3.17. The summed E-state index contributed by atoms with van der Waals surface area (Å²) in [4.78, 5) is 39.2. The average Bonchev–Trinajstić information content (AvgIpc) is 2.91. The largest absolute Gasteiger partial charge is 0.354 e. The molecule has 38 heavy (non-hydrogen) atoms. The van der Waals surface area contributed by atoms with Crippen LogP contribution in [-0.4, -0.2) is 40.0 Å². The van der Waals surface area contributed by atoms with Crippen LogP contribution in [0.1, 0.15) is 36.5 Å². The van der Waals surface area contributed by atoms with Crippen molar-refractivity contribution in [2.45, 2.75) is 44.5 Å². The first-order valence-corrected chi connectivity index (χ1v) is 14.5. The van der Waals surface area contributed by atoms with Crippen LogP contribution in [0.3, 0.4) is 0 Å². The first-order valence-electron chi connectivity index (χ1n) is 12.5. The van der Waals surface area contributed by atoms with E-state index in [4.69, 9.17) is 0 Å². The number of nitrogens with zero attached hydrogens (tertiary/aromatic N) is 2. The molecule has 0 aliphatic heterocycles. The Bertz CT molecular complexity index is 1210. The monoisotopic (exact) mass is 597 g/mol. The lowest BCUT2D eigenvalue weighted by atomic mass is 10.0. The van der Waals surface area contributed by atoms with Gasteiger partial charge in [-0.3, -0.25) is 19.7 Å². The van der Waals surface area contributed by atoms with Crippen molar-refractivity contribution >= 4 is 45.2 Å². The summed E-state index contributed by atoms with van der Waals surface area (Å²) in [6.45, 7) is 2.93. The molecule has 9 heteroatoms. The van der Waals surface area contributed by atoms with E-state index in [1.165, 1.54) is 23.9 Å². The van der Waals surface area contributed by atoms with Crippen molar-refractivity contribution in [3.63, 3.8) is 0 Å². The summed E-state index contributed by atoms with van der Waals surface area (Å²) in [5, 5.41) is 13.9. The SMILES string of the molecule is CCCCNC(=O)[C@H](Cc1ccccc1)N(Cc1cccc(Br)c1)C(=O)CSCc1ccc([N+](=O)[O-])cc1. The van der Waals surface area contributed by atoms with Gasteiger partial charge >= 0.3 is 0 Å². The lowest BCUT2D eigenvalue weighted by Gasteiger charge is -2.31. The molecule has 0 aliphatic rings. The van der Waals surface area contributed by atoms with Crippen LogP contribution in [0, 0.1) is 10.1 Å². The zero-order valence-electron chi connectivity index (χ0n) is 21.3. The number of benzene rings is 3. The third-order valence-corrected chi connectivity index (χ3v) is 7.47. The van der Waals surface area contributed by atoms with Crippen LogP contribution in [0.15, 0.2) is 83.3 Å². The number of carbonyl (C=O) groups is 2. The molecule has 200 valence electrons. The Kier molecular flexibility index (Phi) is 11.8. The van der Waals surface area contributed by atoms with Gasteiger partial charge in [0, 0.05) is 41.9 Å². The molecule has 7 nitrogen and oxygen atoms in total. The third-order valence-electron chi connectivity index (χ3n) is 5.98. The second-order valence-corrected chi connectivity index (χ2v) is 10.8. The predicted octanol–water partition coefficient (Wildman–Crippen LogP) is 6.15. The van der Waals surface area contributed by atoms with Crippen molar-refractivity contribution in [2.75, 3.05) is 12.3 Å². The maximum Gasteiger partial charge on any atom is 0.269 e. The van der Waals surface area contributed by atoms with Gasteiger partial charge in [0.2, 0.25) is 11.8 Å². The number of rotatable bonds is 14. The number of carbonyl (C=O) groups excluding carboxylic acids is 2. The number of halogens is 1. The zero-order chi connectivity index (χ0) is 27.3. The number of hydrogen-bond donors (Lipinski definition) is 1. The topological polar surface area (TPSA) is 92.6 Å². The number of nitro groups is 1. The summed E-state index contributed by atoms with van der Waals surface area (Å²) in [6.07, 6.45) is 2.24. The van der Waals surface area contributed by atoms with Crippen LogP contribution in [0.5, 0.6) is 0 Å². The average molecular weight is 599 g/mol. The first-order chi connectivity index (χ1) is 18.4. The molecule has 0 spiro atoms. The molecule has 0 saturated heterocycles. The van der Waals surface area contributed by atoms with E-state index in [1.54, 1.807) is 17.0 Å². The number of nitrogens with one attached hydrogen (secondary N) is 1. The molecule has 1 atom stereocenters. The highest BCUT2D eigenvalue weighted by Gasteiger charge is 2.30. The van der Waals surface area contributed by atoms with Gasteiger partial charge in [-0.1, -0.05) is 83.9 Å². The quantitative estimate of drug-likeness (QED) is 0.137. The zero-order valence-corrected chi connectivity index (χ0v) is 23.7. The molecule has 0 bridgehead atoms. The van der Waals surface area contributed by atoms with Gasteiger partial charge in [0.15, 0.2) is 0 Å². The fourth-order valence-corrected chi connectivity index (χ4v) is 5.26. The molecule has 3 rings (SSSR count). The summed E-state index contributed by atoms with van der Waals surface area (Å²) in [7, 11) is 0. The lowest BCUT2D eigenvalue weighted by molar-refractivity contribution is -0.384. The number of thioether (sulfide) groups is 1. The summed E-state index contributed by atoms with van der Waals surface area (Å²) in [5.41, 5.74) is 2.83. The Morgan fingerprint density at radius 1 is 1.00 bits per heavy atom. The molecule has 0 aromatic heterocycles. The van der Waals surface area contributed by atoms with Crippen LogP contribution in [0.4, 0.5) is 5.69 Å². The van der Waals surface area contributed by atoms with E-state index in [9.17, 15) is 19.7 Å². The third kappa shape index (κ3) is 9.29. The van der Waals surface area contributed by atoms with E-state index >= 15 is 0 Å². The van der Waals surface area contributed by atoms with Crippen molar-refractivity contribution in [2.24, 2.45) is 0 Å². The Morgan fingerprint density at radius 3 is 2.37 bits per heavy atom. The van der Waals surface area contributed by atoms with Crippen molar-refractivity contribution in [1.82, 2.24) is 10.2 Å². The molecule has 0 fully saturated rings. The molecule has 1 N–H and O–H groups in total.